The molecule has 32 heavy (non-hydrogen) atoms. The van der Waals surface area contributed by atoms with E-state index >= 15 is 0 Å². The van der Waals surface area contributed by atoms with Gasteiger partial charge in [0.25, 0.3) is 11.5 Å². The number of likely N-dealkylation sites (tertiary alicyclic amines) is 1. The quantitative estimate of drug-likeness (QED) is 0.581. The van der Waals surface area contributed by atoms with E-state index in [1.165, 1.54) is 16.7 Å². The molecular formula is C23H23FN4O3S. The number of para-hydroxylation sites is 1. The minimum Gasteiger partial charge on any atom is -0.353 e. The molecule has 0 atom stereocenters. The highest BCUT2D eigenvalue weighted by Gasteiger charge is 2.26. The summed E-state index contributed by atoms with van der Waals surface area (Å²) in [5.41, 5.74) is 0.504. The SMILES string of the molecule is O=C(CCn1c(=S)[nH]c2ccccc2c1=O)NC1CCN(C(=O)c2ccccc2F)CC1. The molecule has 1 aliphatic heterocycles. The summed E-state index contributed by atoms with van der Waals surface area (Å²) < 4.78 is 15.5. The summed E-state index contributed by atoms with van der Waals surface area (Å²) in [6.45, 7) is 1.05. The Hall–Kier alpha value is -3.33. The van der Waals surface area contributed by atoms with Gasteiger partial charge in [-0.3, -0.25) is 19.0 Å². The first kappa shape index (κ1) is 21.9. The van der Waals surface area contributed by atoms with Gasteiger partial charge >= 0.3 is 0 Å². The molecule has 0 aliphatic carbocycles. The second kappa shape index (κ2) is 9.44. The lowest BCUT2D eigenvalue weighted by Crippen LogP contribution is -2.46. The first-order valence-electron chi connectivity index (χ1n) is 10.5. The average molecular weight is 455 g/mol. The van der Waals surface area contributed by atoms with Gasteiger partial charge in [-0.05, 0) is 49.3 Å². The number of hydrogen-bond acceptors (Lipinski definition) is 4. The Labute approximate surface area is 188 Å². The molecule has 0 spiro atoms. The number of aromatic amines is 1. The fraction of sp³-hybridized carbons (Fsp3) is 0.304. The average Bonchev–Trinajstić information content (AvgIpc) is 2.79. The van der Waals surface area contributed by atoms with E-state index in [2.05, 4.69) is 10.3 Å². The third kappa shape index (κ3) is 4.62. The maximum Gasteiger partial charge on any atom is 0.262 e. The van der Waals surface area contributed by atoms with E-state index in [1.807, 2.05) is 6.07 Å². The Morgan fingerprint density at radius 3 is 2.53 bits per heavy atom. The van der Waals surface area contributed by atoms with Crippen molar-refractivity contribution in [3.63, 3.8) is 0 Å². The fourth-order valence-electron chi connectivity index (χ4n) is 3.95. The molecule has 1 saturated heterocycles. The molecule has 2 aromatic carbocycles. The predicted molar refractivity (Wildman–Crippen MR) is 121 cm³/mol. The standard InChI is InChI=1S/C23H23FN4O3S/c24-18-7-3-1-5-16(18)21(30)27-12-9-15(10-13-27)25-20(29)11-14-28-22(31)17-6-2-4-8-19(17)26-23(28)32/h1-8,15H,9-14H2,(H,25,29)(H,26,32). The third-order valence-corrected chi connectivity index (χ3v) is 6.03. The molecule has 4 rings (SSSR count). The number of nitrogens with zero attached hydrogens (tertiary/aromatic N) is 2. The lowest BCUT2D eigenvalue weighted by atomic mass is 10.0. The van der Waals surface area contributed by atoms with Crippen molar-refractivity contribution in [1.82, 2.24) is 19.8 Å². The maximum absolute atomic E-state index is 13.9. The molecule has 7 nitrogen and oxygen atoms in total. The summed E-state index contributed by atoms with van der Waals surface area (Å²) in [4.78, 5) is 42.3. The zero-order valence-corrected chi connectivity index (χ0v) is 18.2. The van der Waals surface area contributed by atoms with Gasteiger partial charge in [-0.15, -0.1) is 0 Å². The van der Waals surface area contributed by atoms with Gasteiger partial charge < -0.3 is 15.2 Å². The lowest BCUT2D eigenvalue weighted by molar-refractivity contribution is -0.122. The van der Waals surface area contributed by atoms with E-state index in [-0.39, 0.29) is 46.7 Å². The van der Waals surface area contributed by atoms with Crippen LogP contribution in [0.1, 0.15) is 29.6 Å². The second-order valence-corrected chi connectivity index (χ2v) is 8.18. The number of rotatable bonds is 5. The van der Waals surface area contributed by atoms with Crippen molar-refractivity contribution < 1.29 is 14.0 Å². The maximum atomic E-state index is 13.9. The van der Waals surface area contributed by atoms with Crippen LogP contribution < -0.4 is 10.9 Å². The fourth-order valence-corrected chi connectivity index (χ4v) is 4.23. The van der Waals surface area contributed by atoms with E-state index < -0.39 is 5.82 Å². The van der Waals surface area contributed by atoms with Crippen molar-refractivity contribution in [2.24, 2.45) is 0 Å². The molecule has 3 aromatic rings. The predicted octanol–water partition coefficient (Wildman–Crippen LogP) is 3.01. The van der Waals surface area contributed by atoms with E-state index in [1.54, 1.807) is 35.2 Å². The van der Waals surface area contributed by atoms with Gasteiger partial charge in [0.2, 0.25) is 5.91 Å². The monoisotopic (exact) mass is 454 g/mol. The number of carbonyl (C=O) groups excluding carboxylic acids is 2. The minimum absolute atomic E-state index is 0.0623. The van der Waals surface area contributed by atoms with E-state index in [4.69, 9.17) is 12.2 Å². The molecule has 1 aliphatic rings. The summed E-state index contributed by atoms with van der Waals surface area (Å²) in [6.07, 6.45) is 1.29. The highest BCUT2D eigenvalue weighted by molar-refractivity contribution is 7.71. The van der Waals surface area contributed by atoms with Crippen LogP contribution in [0.5, 0.6) is 0 Å². The number of H-pyrrole nitrogens is 1. The molecule has 2 heterocycles. The summed E-state index contributed by atoms with van der Waals surface area (Å²) in [7, 11) is 0. The van der Waals surface area contributed by atoms with Crippen molar-refractivity contribution in [3.05, 3.63) is 75.0 Å². The topological polar surface area (TPSA) is 87.2 Å². The number of aromatic nitrogens is 2. The van der Waals surface area contributed by atoms with Gasteiger partial charge in [0.05, 0.1) is 16.5 Å². The second-order valence-electron chi connectivity index (χ2n) is 7.80. The van der Waals surface area contributed by atoms with Crippen molar-refractivity contribution in [2.75, 3.05) is 13.1 Å². The van der Waals surface area contributed by atoms with Crippen molar-refractivity contribution in [1.29, 1.82) is 0 Å². The summed E-state index contributed by atoms with van der Waals surface area (Å²) in [5, 5.41) is 3.49. The summed E-state index contributed by atoms with van der Waals surface area (Å²) in [5.74, 6) is -1.05. The van der Waals surface area contributed by atoms with Crippen LogP contribution >= 0.6 is 12.2 Å². The summed E-state index contributed by atoms with van der Waals surface area (Å²) in [6, 6.07) is 13.0. The van der Waals surface area contributed by atoms with Crippen molar-refractivity contribution in [3.8, 4) is 0 Å². The highest BCUT2D eigenvalue weighted by Crippen LogP contribution is 2.16. The van der Waals surface area contributed by atoms with Crippen LogP contribution in [-0.2, 0) is 11.3 Å². The zero-order valence-electron chi connectivity index (χ0n) is 17.3. The van der Waals surface area contributed by atoms with Crippen LogP contribution in [0.25, 0.3) is 10.9 Å². The first-order chi connectivity index (χ1) is 15.4. The highest BCUT2D eigenvalue weighted by atomic mass is 32.1. The number of carbonyl (C=O) groups is 2. The molecule has 166 valence electrons. The van der Waals surface area contributed by atoms with Gasteiger partial charge in [-0.25, -0.2) is 4.39 Å². The minimum atomic E-state index is -0.532. The van der Waals surface area contributed by atoms with Crippen LogP contribution in [0.15, 0.2) is 53.3 Å². The van der Waals surface area contributed by atoms with Gasteiger partial charge in [-0.1, -0.05) is 24.3 Å². The molecular weight excluding hydrogens is 431 g/mol. The molecule has 9 heteroatoms. The van der Waals surface area contributed by atoms with Crippen LogP contribution in [0, 0.1) is 10.6 Å². The number of fused-ring (bicyclic) bond motifs is 1. The van der Waals surface area contributed by atoms with E-state index in [9.17, 15) is 18.8 Å². The summed E-state index contributed by atoms with van der Waals surface area (Å²) >= 11 is 5.28. The smallest absolute Gasteiger partial charge is 0.262 e. The lowest BCUT2D eigenvalue weighted by Gasteiger charge is -2.32. The number of halogens is 1. The Balaban J connectivity index is 1.31. The third-order valence-electron chi connectivity index (χ3n) is 5.70. The van der Waals surface area contributed by atoms with Crippen molar-refractivity contribution >= 4 is 34.9 Å². The molecule has 0 bridgehead atoms. The van der Waals surface area contributed by atoms with E-state index in [0.29, 0.717) is 36.8 Å². The van der Waals surface area contributed by atoms with Crippen molar-refractivity contribution in [2.45, 2.75) is 31.8 Å². The number of nitrogens with one attached hydrogen (secondary N) is 2. The molecule has 0 radical (unpaired) electrons. The van der Waals surface area contributed by atoms with Crippen LogP contribution in [0.2, 0.25) is 0 Å². The Bertz CT molecular complexity index is 1280. The normalized spacial score (nSPS) is 14.5. The van der Waals surface area contributed by atoms with Gasteiger partial charge in [0.1, 0.15) is 5.82 Å². The Morgan fingerprint density at radius 1 is 1.09 bits per heavy atom. The molecule has 1 fully saturated rings. The molecule has 0 saturated carbocycles. The molecule has 1 aromatic heterocycles. The number of amides is 2. The largest absolute Gasteiger partial charge is 0.353 e. The zero-order chi connectivity index (χ0) is 22.7. The van der Waals surface area contributed by atoms with Gasteiger partial charge in [0.15, 0.2) is 4.77 Å². The van der Waals surface area contributed by atoms with Crippen LogP contribution in [-0.4, -0.2) is 45.4 Å². The Kier molecular flexibility index (Phi) is 6.45. The molecule has 0 unspecified atom stereocenters. The Morgan fingerprint density at radius 2 is 1.78 bits per heavy atom. The van der Waals surface area contributed by atoms with Crippen LogP contribution in [0.4, 0.5) is 4.39 Å². The number of benzene rings is 2. The first-order valence-corrected chi connectivity index (χ1v) is 10.9. The number of hydrogen-bond donors (Lipinski definition) is 2. The van der Waals surface area contributed by atoms with E-state index in [0.717, 1.165) is 0 Å². The molecule has 2 N–H and O–H groups in total. The van der Waals surface area contributed by atoms with Gasteiger partial charge in [-0.2, -0.15) is 0 Å². The van der Waals surface area contributed by atoms with Crippen LogP contribution in [0.3, 0.4) is 0 Å². The molecule has 2 amide bonds. The van der Waals surface area contributed by atoms with Gasteiger partial charge in [0, 0.05) is 32.1 Å². The number of piperidine rings is 1.